The summed E-state index contributed by atoms with van der Waals surface area (Å²) in [6.07, 6.45) is 5.94. The van der Waals surface area contributed by atoms with E-state index in [-0.39, 0.29) is 0 Å². The van der Waals surface area contributed by atoms with Gasteiger partial charge in [-0.3, -0.25) is 0 Å². The molecule has 0 unspecified atom stereocenters. The second kappa shape index (κ2) is 7.17. The number of likely N-dealkylation sites (tertiary alicyclic amines) is 1. The van der Waals surface area contributed by atoms with Gasteiger partial charge in [0.25, 0.3) is 0 Å². The quantitative estimate of drug-likeness (QED) is 0.721. The van der Waals surface area contributed by atoms with Crippen molar-refractivity contribution >= 4 is 46.0 Å². The SMILES string of the molecule is S=C(S/C=C/c1ccc(Cl)cc1)N1CCCCC1. The number of benzene rings is 1. The molecule has 0 aromatic heterocycles. The van der Waals surface area contributed by atoms with Gasteiger partial charge in [-0.15, -0.1) is 0 Å². The van der Waals surface area contributed by atoms with Crippen molar-refractivity contribution in [3.8, 4) is 0 Å². The summed E-state index contributed by atoms with van der Waals surface area (Å²) in [5, 5.41) is 2.82. The normalized spacial score (nSPS) is 16.2. The average molecular weight is 298 g/mol. The number of piperidine rings is 1. The van der Waals surface area contributed by atoms with Crippen molar-refractivity contribution in [2.75, 3.05) is 13.1 Å². The molecule has 0 atom stereocenters. The molecule has 1 aromatic rings. The molecule has 1 aromatic carbocycles. The number of hydrogen-bond donors (Lipinski definition) is 0. The maximum atomic E-state index is 5.84. The standard InChI is InChI=1S/C14H16ClNS2/c15-13-6-4-12(5-7-13)8-11-18-14(17)16-9-2-1-3-10-16/h4-8,11H,1-3,9-10H2/b11-8+. The molecule has 1 fully saturated rings. The molecule has 18 heavy (non-hydrogen) atoms. The lowest BCUT2D eigenvalue weighted by atomic mass is 10.1. The molecule has 2 rings (SSSR count). The first-order chi connectivity index (χ1) is 8.75. The van der Waals surface area contributed by atoms with Crippen LogP contribution < -0.4 is 0 Å². The van der Waals surface area contributed by atoms with E-state index in [2.05, 4.69) is 16.4 Å². The molecule has 96 valence electrons. The number of nitrogens with zero attached hydrogens (tertiary/aromatic N) is 1. The van der Waals surface area contributed by atoms with E-state index in [4.69, 9.17) is 23.8 Å². The fraction of sp³-hybridized carbons (Fsp3) is 0.357. The summed E-state index contributed by atoms with van der Waals surface area (Å²) in [4.78, 5) is 2.30. The Morgan fingerprint density at radius 2 is 1.83 bits per heavy atom. The molecule has 0 radical (unpaired) electrons. The van der Waals surface area contributed by atoms with Gasteiger partial charge in [0, 0.05) is 18.1 Å². The van der Waals surface area contributed by atoms with Gasteiger partial charge in [-0.2, -0.15) is 0 Å². The van der Waals surface area contributed by atoms with E-state index in [1.165, 1.54) is 19.3 Å². The zero-order chi connectivity index (χ0) is 12.8. The Labute approximate surface area is 123 Å². The second-order valence-corrected chi connectivity index (χ2v) is 6.26. The molecule has 1 nitrogen and oxygen atoms in total. The Morgan fingerprint density at radius 3 is 2.50 bits per heavy atom. The first kappa shape index (κ1) is 13.9. The minimum absolute atomic E-state index is 0.767. The van der Waals surface area contributed by atoms with Crippen LogP contribution in [0.4, 0.5) is 0 Å². The largest absolute Gasteiger partial charge is 0.357 e. The molecule has 0 spiro atoms. The summed E-state index contributed by atoms with van der Waals surface area (Å²) in [5.41, 5.74) is 1.15. The summed E-state index contributed by atoms with van der Waals surface area (Å²) >= 11 is 12.9. The highest BCUT2D eigenvalue weighted by Crippen LogP contribution is 2.18. The predicted molar refractivity (Wildman–Crippen MR) is 86.1 cm³/mol. The summed E-state index contributed by atoms with van der Waals surface area (Å²) in [6, 6.07) is 7.80. The lowest BCUT2D eigenvalue weighted by molar-refractivity contribution is 0.352. The Morgan fingerprint density at radius 1 is 1.17 bits per heavy atom. The van der Waals surface area contributed by atoms with E-state index in [0.29, 0.717) is 0 Å². The summed E-state index contributed by atoms with van der Waals surface area (Å²) in [6.45, 7) is 2.22. The van der Waals surface area contributed by atoms with Crippen molar-refractivity contribution in [3.05, 3.63) is 40.3 Å². The predicted octanol–water partition coefficient (Wildman–Crippen LogP) is 4.81. The number of rotatable bonds is 2. The third kappa shape index (κ3) is 4.30. The van der Waals surface area contributed by atoms with Gasteiger partial charge in [-0.05, 0) is 48.4 Å². The Kier molecular flexibility index (Phi) is 5.54. The Bertz CT molecular complexity index is 422. The monoisotopic (exact) mass is 297 g/mol. The summed E-state index contributed by atoms with van der Waals surface area (Å²) in [7, 11) is 0. The number of thioether (sulfide) groups is 1. The van der Waals surface area contributed by atoms with Crippen LogP contribution >= 0.6 is 35.6 Å². The minimum Gasteiger partial charge on any atom is -0.357 e. The number of hydrogen-bond acceptors (Lipinski definition) is 2. The highest BCUT2D eigenvalue weighted by molar-refractivity contribution is 8.24. The first-order valence-electron chi connectivity index (χ1n) is 6.13. The third-order valence-corrected chi connectivity index (χ3v) is 4.44. The van der Waals surface area contributed by atoms with Gasteiger partial charge in [0.15, 0.2) is 0 Å². The van der Waals surface area contributed by atoms with Crippen molar-refractivity contribution in [2.45, 2.75) is 19.3 Å². The molecular weight excluding hydrogens is 282 g/mol. The molecule has 1 heterocycles. The molecule has 0 saturated carbocycles. The molecule has 0 aliphatic carbocycles. The van der Waals surface area contributed by atoms with Crippen LogP contribution in [-0.2, 0) is 0 Å². The average Bonchev–Trinajstić information content (AvgIpc) is 2.42. The van der Waals surface area contributed by atoms with Crippen molar-refractivity contribution in [1.82, 2.24) is 4.90 Å². The third-order valence-electron chi connectivity index (χ3n) is 2.91. The van der Waals surface area contributed by atoms with Crippen LogP contribution in [0.25, 0.3) is 6.08 Å². The van der Waals surface area contributed by atoms with E-state index >= 15 is 0 Å². The molecule has 1 aliphatic rings. The number of thiocarbonyl (C=S) groups is 1. The molecule has 0 N–H and O–H groups in total. The van der Waals surface area contributed by atoms with Gasteiger partial charge in [0.2, 0.25) is 0 Å². The van der Waals surface area contributed by atoms with Crippen molar-refractivity contribution in [2.24, 2.45) is 0 Å². The van der Waals surface area contributed by atoms with Gasteiger partial charge in [0.1, 0.15) is 4.32 Å². The maximum absolute atomic E-state index is 5.84. The molecule has 1 saturated heterocycles. The highest BCUT2D eigenvalue weighted by Gasteiger charge is 2.12. The van der Waals surface area contributed by atoms with E-state index < -0.39 is 0 Å². The Balaban J connectivity index is 1.83. The molecule has 0 amide bonds. The molecule has 0 bridgehead atoms. The van der Waals surface area contributed by atoms with E-state index in [1.54, 1.807) is 11.8 Å². The van der Waals surface area contributed by atoms with E-state index in [1.807, 2.05) is 24.3 Å². The van der Waals surface area contributed by atoms with Gasteiger partial charge in [0.05, 0.1) is 0 Å². The Hall–Kier alpha value is -0.510. The highest BCUT2D eigenvalue weighted by atomic mass is 35.5. The topological polar surface area (TPSA) is 3.24 Å². The molecule has 4 heteroatoms. The van der Waals surface area contributed by atoms with Crippen LogP contribution in [0.5, 0.6) is 0 Å². The van der Waals surface area contributed by atoms with Crippen LogP contribution in [0.1, 0.15) is 24.8 Å². The fourth-order valence-corrected chi connectivity index (χ4v) is 3.04. The van der Waals surface area contributed by atoms with Crippen LogP contribution in [0.3, 0.4) is 0 Å². The zero-order valence-electron chi connectivity index (χ0n) is 10.1. The van der Waals surface area contributed by atoms with Gasteiger partial charge in [-0.1, -0.05) is 47.7 Å². The van der Waals surface area contributed by atoms with Crippen molar-refractivity contribution < 1.29 is 0 Å². The maximum Gasteiger partial charge on any atom is 0.140 e. The summed E-state index contributed by atoms with van der Waals surface area (Å²) in [5.74, 6) is 0. The summed E-state index contributed by atoms with van der Waals surface area (Å²) < 4.78 is 0.986. The van der Waals surface area contributed by atoms with Gasteiger partial charge < -0.3 is 4.90 Å². The minimum atomic E-state index is 0.767. The van der Waals surface area contributed by atoms with Crippen LogP contribution in [0, 0.1) is 0 Å². The molecule has 1 aliphatic heterocycles. The van der Waals surface area contributed by atoms with Gasteiger partial charge >= 0.3 is 0 Å². The second-order valence-electron chi connectivity index (χ2n) is 4.29. The lowest BCUT2D eigenvalue weighted by Crippen LogP contribution is -2.32. The van der Waals surface area contributed by atoms with Crippen LogP contribution in [0.15, 0.2) is 29.7 Å². The first-order valence-corrected chi connectivity index (χ1v) is 7.80. The van der Waals surface area contributed by atoms with Crippen molar-refractivity contribution in [3.63, 3.8) is 0 Å². The lowest BCUT2D eigenvalue weighted by Gasteiger charge is -2.27. The van der Waals surface area contributed by atoms with Crippen molar-refractivity contribution in [1.29, 1.82) is 0 Å². The fourth-order valence-electron chi connectivity index (χ4n) is 1.90. The zero-order valence-corrected chi connectivity index (χ0v) is 12.5. The van der Waals surface area contributed by atoms with Gasteiger partial charge in [-0.25, -0.2) is 0 Å². The van der Waals surface area contributed by atoms with Crippen LogP contribution in [-0.4, -0.2) is 22.3 Å². The number of halogens is 1. The van der Waals surface area contributed by atoms with E-state index in [0.717, 1.165) is 28.0 Å². The van der Waals surface area contributed by atoms with E-state index in [9.17, 15) is 0 Å². The molecular formula is C14H16ClNS2. The van der Waals surface area contributed by atoms with Crippen LogP contribution in [0.2, 0.25) is 5.02 Å². The smallest absolute Gasteiger partial charge is 0.140 e.